The van der Waals surface area contributed by atoms with Crippen molar-refractivity contribution in [1.29, 1.82) is 0 Å². The minimum absolute atomic E-state index is 0.0646. The molecule has 1 saturated heterocycles. The Morgan fingerprint density at radius 1 is 1.25 bits per heavy atom. The molecule has 0 radical (unpaired) electrons. The van der Waals surface area contributed by atoms with Gasteiger partial charge in [-0.2, -0.15) is 0 Å². The molecule has 5 nitrogen and oxygen atoms in total. The first-order valence-electron chi connectivity index (χ1n) is 8.88. The molecule has 1 aromatic rings. The van der Waals surface area contributed by atoms with E-state index in [4.69, 9.17) is 0 Å². The summed E-state index contributed by atoms with van der Waals surface area (Å²) in [6, 6.07) is 7.89. The van der Waals surface area contributed by atoms with Gasteiger partial charge in [0.1, 0.15) is 0 Å². The van der Waals surface area contributed by atoms with Crippen LogP contribution in [-0.4, -0.2) is 42.9 Å². The summed E-state index contributed by atoms with van der Waals surface area (Å²) in [5.41, 5.74) is 1.93. The zero-order chi connectivity index (χ0) is 17.7. The third kappa shape index (κ3) is 4.49. The molecule has 0 aromatic heterocycles. The number of carbonyl (C=O) groups excluding carboxylic acids is 2. The van der Waals surface area contributed by atoms with Gasteiger partial charge in [-0.05, 0) is 44.0 Å². The highest BCUT2D eigenvalue weighted by atomic mass is 16.2. The molecule has 2 rings (SSSR count). The Bertz CT molecular complexity index is 564. The fourth-order valence-electron chi connectivity index (χ4n) is 3.15. The van der Waals surface area contributed by atoms with Crippen LogP contribution in [0, 0.1) is 11.8 Å². The van der Waals surface area contributed by atoms with Crippen molar-refractivity contribution in [3.63, 3.8) is 0 Å². The summed E-state index contributed by atoms with van der Waals surface area (Å²) in [5, 5.41) is 2.94. The lowest BCUT2D eigenvalue weighted by Gasteiger charge is -2.21. The van der Waals surface area contributed by atoms with Crippen molar-refractivity contribution in [3.05, 3.63) is 24.3 Å². The Labute approximate surface area is 145 Å². The van der Waals surface area contributed by atoms with E-state index in [0.29, 0.717) is 18.9 Å². The summed E-state index contributed by atoms with van der Waals surface area (Å²) in [6.07, 6.45) is 0.316. The molecule has 1 fully saturated rings. The van der Waals surface area contributed by atoms with Crippen molar-refractivity contribution in [2.45, 2.75) is 34.1 Å². The number of hydrogen-bond acceptors (Lipinski definition) is 3. The highest BCUT2D eigenvalue weighted by Crippen LogP contribution is 2.22. The highest BCUT2D eigenvalue weighted by Gasteiger charge is 2.34. The lowest BCUT2D eigenvalue weighted by molar-refractivity contribution is -0.128. The monoisotopic (exact) mass is 331 g/mol. The lowest BCUT2D eigenvalue weighted by atomic mass is 10.1. The second-order valence-electron chi connectivity index (χ2n) is 6.80. The van der Waals surface area contributed by atoms with Crippen LogP contribution in [0.3, 0.4) is 0 Å². The zero-order valence-corrected chi connectivity index (χ0v) is 15.2. The molecular weight excluding hydrogens is 302 g/mol. The molecule has 1 aliphatic rings. The molecule has 132 valence electrons. The molecule has 5 heteroatoms. The topological polar surface area (TPSA) is 52.7 Å². The maximum atomic E-state index is 12.4. The molecule has 1 aliphatic heterocycles. The Balaban J connectivity index is 1.94. The third-order valence-corrected chi connectivity index (χ3v) is 4.43. The maximum absolute atomic E-state index is 12.4. The number of carbonyl (C=O) groups is 2. The van der Waals surface area contributed by atoms with Gasteiger partial charge in [0.15, 0.2) is 0 Å². The van der Waals surface area contributed by atoms with E-state index < -0.39 is 0 Å². The van der Waals surface area contributed by atoms with Gasteiger partial charge < -0.3 is 15.1 Å². The van der Waals surface area contributed by atoms with Crippen LogP contribution in [0.25, 0.3) is 0 Å². The first-order valence-corrected chi connectivity index (χ1v) is 8.88. The number of likely N-dealkylation sites (tertiary alicyclic amines) is 1. The fourth-order valence-corrected chi connectivity index (χ4v) is 3.15. The predicted octanol–water partition coefficient (Wildman–Crippen LogP) is 2.98. The number of benzene rings is 1. The van der Waals surface area contributed by atoms with E-state index in [-0.39, 0.29) is 17.7 Å². The maximum Gasteiger partial charge on any atom is 0.229 e. The van der Waals surface area contributed by atoms with Gasteiger partial charge in [0.05, 0.1) is 5.92 Å². The molecule has 2 amide bonds. The number of nitrogens with one attached hydrogen (secondary N) is 1. The first-order chi connectivity index (χ1) is 11.4. The summed E-state index contributed by atoms with van der Waals surface area (Å²) in [4.78, 5) is 28.5. The van der Waals surface area contributed by atoms with Crippen molar-refractivity contribution in [3.8, 4) is 0 Å². The second-order valence-corrected chi connectivity index (χ2v) is 6.80. The van der Waals surface area contributed by atoms with E-state index in [1.54, 1.807) is 4.90 Å². The summed E-state index contributed by atoms with van der Waals surface area (Å²) in [5.74, 6) is 0.188. The van der Waals surface area contributed by atoms with Crippen molar-refractivity contribution in [1.82, 2.24) is 4.90 Å². The van der Waals surface area contributed by atoms with Gasteiger partial charge in [-0.25, -0.2) is 0 Å². The largest absolute Gasteiger partial charge is 0.372 e. The van der Waals surface area contributed by atoms with E-state index in [1.807, 2.05) is 24.3 Å². The van der Waals surface area contributed by atoms with Gasteiger partial charge in [-0.3, -0.25) is 9.59 Å². The zero-order valence-electron chi connectivity index (χ0n) is 15.2. The number of hydrogen-bond donors (Lipinski definition) is 1. The van der Waals surface area contributed by atoms with Gasteiger partial charge in [0.2, 0.25) is 11.8 Å². The third-order valence-electron chi connectivity index (χ3n) is 4.43. The van der Waals surface area contributed by atoms with E-state index in [0.717, 1.165) is 31.0 Å². The van der Waals surface area contributed by atoms with Crippen LogP contribution in [0.5, 0.6) is 0 Å². The number of nitrogens with zero attached hydrogens (tertiary/aromatic N) is 2. The Kier molecular flexibility index (Phi) is 6.23. The summed E-state index contributed by atoms with van der Waals surface area (Å²) < 4.78 is 0. The molecule has 0 saturated carbocycles. The first kappa shape index (κ1) is 18.3. The molecular formula is C19H29N3O2. The van der Waals surface area contributed by atoms with Gasteiger partial charge >= 0.3 is 0 Å². The Hall–Kier alpha value is -2.04. The molecule has 1 heterocycles. The van der Waals surface area contributed by atoms with Crippen molar-refractivity contribution < 1.29 is 9.59 Å². The van der Waals surface area contributed by atoms with E-state index in [9.17, 15) is 9.59 Å². The van der Waals surface area contributed by atoms with Gasteiger partial charge in [-0.1, -0.05) is 13.8 Å². The predicted molar refractivity (Wildman–Crippen MR) is 98.2 cm³/mol. The molecule has 1 aromatic carbocycles. The second kappa shape index (κ2) is 8.18. The number of rotatable bonds is 7. The van der Waals surface area contributed by atoms with Gasteiger partial charge in [0.25, 0.3) is 0 Å². The van der Waals surface area contributed by atoms with Crippen LogP contribution in [0.15, 0.2) is 24.3 Å². The quantitative estimate of drug-likeness (QED) is 0.836. The van der Waals surface area contributed by atoms with E-state index in [2.05, 4.69) is 37.9 Å². The summed E-state index contributed by atoms with van der Waals surface area (Å²) >= 11 is 0. The minimum atomic E-state index is -0.251. The fraction of sp³-hybridized carbons (Fsp3) is 0.579. The minimum Gasteiger partial charge on any atom is -0.372 e. The summed E-state index contributed by atoms with van der Waals surface area (Å²) in [7, 11) is 0. The SMILES string of the molecule is CCN(CC)c1ccc(NC(=O)C2CC(=O)N(CC(C)C)C2)cc1. The smallest absolute Gasteiger partial charge is 0.229 e. The molecule has 24 heavy (non-hydrogen) atoms. The average Bonchev–Trinajstić information content (AvgIpc) is 2.90. The van der Waals surface area contributed by atoms with Crippen LogP contribution in [0.2, 0.25) is 0 Å². The number of anilines is 2. The molecule has 0 spiro atoms. The number of amides is 2. The molecule has 1 N–H and O–H groups in total. The van der Waals surface area contributed by atoms with E-state index in [1.165, 1.54) is 0 Å². The summed E-state index contributed by atoms with van der Waals surface area (Å²) in [6.45, 7) is 11.6. The average molecular weight is 331 g/mol. The van der Waals surface area contributed by atoms with Crippen LogP contribution in [-0.2, 0) is 9.59 Å². The highest BCUT2D eigenvalue weighted by molar-refractivity contribution is 5.97. The van der Waals surface area contributed by atoms with Crippen LogP contribution < -0.4 is 10.2 Å². The van der Waals surface area contributed by atoms with Crippen molar-refractivity contribution in [2.24, 2.45) is 11.8 Å². The van der Waals surface area contributed by atoms with Crippen LogP contribution in [0.1, 0.15) is 34.1 Å². The van der Waals surface area contributed by atoms with Gasteiger partial charge in [0, 0.05) is 44.0 Å². The van der Waals surface area contributed by atoms with Crippen LogP contribution in [0.4, 0.5) is 11.4 Å². The Morgan fingerprint density at radius 3 is 2.42 bits per heavy atom. The molecule has 1 atom stereocenters. The normalized spacial score (nSPS) is 17.5. The van der Waals surface area contributed by atoms with Crippen LogP contribution >= 0.6 is 0 Å². The molecule has 0 bridgehead atoms. The molecule has 1 unspecified atom stereocenters. The molecule has 0 aliphatic carbocycles. The van der Waals surface area contributed by atoms with E-state index >= 15 is 0 Å². The Morgan fingerprint density at radius 2 is 1.88 bits per heavy atom. The van der Waals surface area contributed by atoms with Crippen molar-refractivity contribution in [2.75, 3.05) is 36.4 Å². The standard InChI is InChI=1S/C19H29N3O2/c1-5-21(6-2)17-9-7-16(8-10-17)20-19(24)15-11-18(23)22(13-15)12-14(3)4/h7-10,14-15H,5-6,11-13H2,1-4H3,(H,20,24). The lowest BCUT2D eigenvalue weighted by Crippen LogP contribution is -2.31. The van der Waals surface area contributed by atoms with Crippen molar-refractivity contribution >= 4 is 23.2 Å². The van der Waals surface area contributed by atoms with Gasteiger partial charge in [-0.15, -0.1) is 0 Å².